The molecule has 0 spiro atoms. The van der Waals surface area contributed by atoms with E-state index in [0.29, 0.717) is 24.5 Å². The van der Waals surface area contributed by atoms with Gasteiger partial charge in [-0.3, -0.25) is 4.79 Å². The van der Waals surface area contributed by atoms with Crippen LogP contribution in [0.1, 0.15) is 41.7 Å². The number of anilines is 1. The van der Waals surface area contributed by atoms with E-state index in [0.717, 1.165) is 31.4 Å². The van der Waals surface area contributed by atoms with E-state index in [1.165, 1.54) is 10.4 Å². The lowest BCUT2D eigenvalue weighted by atomic mass is 10.2. The largest absolute Gasteiger partial charge is 0.307 e. The van der Waals surface area contributed by atoms with Gasteiger partial charge in [-0.15, -0.1) is 0 Å². The maximum atomic E-state index is 12.9. The van der Waals surface area contributed by atoms with Crippen LogP contribution in [0.15, 0.2) is 47.4 Å². The molecule has 26 heavy (non-hydrogen) atoms. The predicted molar refractivity (Wildman–Crippen MR) is 101 cm³/mol. The second kappa shape index (κ2) is 7.97. The minimum absolute atomic E-state index is 0.157. The summed E-state index contributed by atoms with van der Waals surface area (Å²) in [6, 6.07) is 11.5. The second-order valence-electron chi connectivity index (χ2n) is 6.46. The lowest BCUT2D eigenvalue weighted by Gasteiger charge is -2.20. The number of hydrogen-bond donors (Lipinski definition) is 1. The van der Waals surface area contributed by atoms with Crippen LogP contribution in [0.5, 0.6) is 0 Å². The molecule has 0 aliphatic carbocycles. The molecule has 2 heterocycles. The molecule has 1 aromatic heterocycles. The van der Waals surface area contributed by atoms with Gasteiger partial charge in [-0.2, -0.15) is 4.31 Å². The standard InChI is InChI=1S/C19H23N3O3S/c1-15-8-6-11-18(20-15)21-19(23)16-9-7-10-17(14-16)26(24,25)22-12-4-2-3-5-13-22/h6-11,14H,2-5,12-13H2,1H3,(H,20,21,23). The van der Waals surface area contributed by atoms with Crippen LogP contribution < -0.4 is 5.32 Å². The Labute approximate surface area is 154 Å². The van der Waals surface area contributed by atoms with Crippen LogP contribution in [0, 0.1) is 6.92 Å². The molecule has 3 rings (SSSR count). The molecule has 1 aromatic carbocycles. The number of nitrogens with one attached hydrogen (secondary N) is 1. The zero-order valence-corrected chi connectivity index (χ0v) is 15.6. The minimum atomic E-state index is -3.58. The van der Waals surface area contributed by atoms with Gasteiger partial charge in [0, 0.05) is 24.3 Å². The van der Waals surface area contributed by atoms with Crippen molar-refractivity contribution >= 4 is 21.7 Å². The molecular weight excluding hydrogens is 350 g/mol. The number of carbonyl (C=O) groups is 1. The highest BCUT2D eigenvalue weighted by Crippen LogP contribution is 2.21. The highest BCUT2D eigenvalue weighted by Gasteiger charge is 2.25. The summed E-state index contributed by atoms with van der Waals surface area (Å²) in [5.74, 6) is 0.0618. The van der Waals surface area contributed by atoms with E-state index < -0.39 is 10.0 Å². The molecule has 1 N–H and O–H groups in total. The van der Waals surface area contributed by atoms with Crippen LogP contribution in [0.4, 0.5) is 5.82 Å². The summed E-state index contributed by atoms with van der Waals surface area (Å²) < 4.78 is 27.3. The Morgan fingerprint density at radius 2 is 1.73 bits per heavy atom. The van der Waals surface area contributed by atoms with E-state index in [4.69, 9.17) is 0 Å². The average Bonchev–Trinajstić information content (AvgIpc) is 2.92. The van der Waals surface area contributed by atoms with Gasteiger partial charge in [-0.1, -0.05) is 25.0 Å². The van der Waals surface area contributed by atoms with Gasteiger partial charge < -0.3 is 5.32 Å². The quantitative estimate of drug-likeness (QED) is 0.892. The van der Waals surface area contributed by atoms with Gasteiger partial charge in [0.2, 0.25) is 10.0 Å². The first-order valence-corrected chi connectivity index (χ1v) is 10.3. The van der Waals surface area contributed by atoms with Crippen LogP contribution in [0.2, 0.25) is 0 Å². The summed E-state index contributed by atoms with van der Waals surface area (Å²) >= 11 is 0. The number of pyridine rings is 1. The molecule has 2 aromatic rings. The van der Waals surface area contributed by atoms with E-state index in [-0.39, 0.29) is 10.8 Å². The average molecular weight is 373 g/mol. The number of hydrogen-bond acceptors (Lipinski definition) is 4. The molecule has 1 amide bonds. The summed E-state index contributed by atoms with van der Waals surface area (Å²) in [5.41, 5.74) is 1.09. The number of benzene rings is 1. The summed E-state index contributed by atoms with van der Waals surface area (Å²) in [6.07, 6.45) is 3.85. The van der Waals surface area contributed by atoms with E-state index in [1.54, 1.807) is 30.3 Å². The van der Waals surface area contributed by atoms with Crippen molar-refractivity contribution in [3.63, 3.8) is 0 Å². The van der Waals surface area contributed by atoms with Crippen molar-refractivity contribution < 1.29 is 13.2 Å². The van der Waals surface area contributed by atoms with Crippen LogP contribution in [0.25, 0.3) is 0 Å². The Balaban J connectivity index is 1.82. The Morgan fingerprint density at radius 3 is 2.42 bits per heavy atom. The van der Waals surface area contributed by atoms with Crippen molar-refractivity contribution in [3.8, 4) is 0 Å². The summed E-state index contributed by atoms with van der Waals surface area (Å²) in [5, 5.41) is 2.71. The number of rotatable bonds is 4. The van der Waals surface area contributed by atoms with Gasteiger partial charge in [0.1, 0.15) is 5.82 Å². The van der Waals surface area contributed by atoms with Gasteiger partial charge in [0.15, 0.2) is 0 Å². The number of aryl methyl sites for hydroxylation is 1. The highest BCUT2D eigenvalue weighted by atomic mass is 32.2. The lowest BCUT2D eigenvalue weighted by molar-refractivity contribution is 0.102. The monoisotopic (exact) mass is 373 g/mol. The SMILES string of the molecule is Cc1cccc(NC(=O)c2cccc(S(=O)(=O)N3CCCCCC3)c2)n1. The Bertz CT molecular complexity index is 888. The first-order valence-electron chi connectivity index (χ1n) is 8.82. The van der Waals surface area contributed by atoms with Gasteiger partial charge in [0.05, 0.1) is 4.90 Å². The molecule has 7 heteroatoms. The van der Waals surface area contributed by atoms with Crippen LogP contribution in [0.3, 0.4) is 0 Å². The molecule has 1 aliphatic rings. The molecule has 138 valence electrons. The van der Waals surface area contributed by atoms with Crippen molar-refractivity contribution in [2.24, 2.45) is 0 Å². The van der Waals surface area contributed by atoms with Crippen LogP contribution >= 0.6 is 0 Å². The van der Waals surface area contributed by atoms with Crippen LogP contribution in [-0.4, -0.2) is 36.7 Å². The van der Waals surface area contributed by atoms with Crippen molar-refractivity contribution in [1.29, 1.82) is 0 Å². The lowest BCUT2D eigenvalue weighted by Crippen LogP contribution is -2.32. The van der Waals surface area contributed by atoms with Crippen molar-refractivity contribution in [2.45, 2.75) is 37.5 Å². The van der Waals surface area contributed by atoms with Gasteiger partial charge in [-0.25, -0.2) is 13.4 Å². The fourth-order valence-electron chi connectivity index (χ4n) is 3.03. The minimum Gasteiger partial charge on any atom is -0.307 e. The Kier molecular flexibility index (Phi) is 5.68. The number of sulfonamides is 1. The number of carbonyl (C=O) groups excluding carboxylic acids is 1. The van der Waals surface area contributed by atoms with Crippen molar-refractivity contribution in [3.05, 3.63) is 53.7 Å². The highest BCUT2D eigenvalue weighted by molar-refractivity contribution is 7.89. The molecular formula is C19H23N3O3S. The topological polar surface area (TPSA) is 79.4 Å². The van der Waals surface area contributed by atoms with E-state index >= 15 is 0 Å². The van der Waals surface area contributed by atoms with Crippen molar-refractivity contribution in [1.82, 2.24) is 9.29 Å². The van der Waals surface area contributed by atoms with Gasteiger partial charge in [-0.05, 0) is 50.1 Å². The molecule has 0 atom stereocenters. The van der Waals surface area contributed by atoms with E-state index in [1.807, 2.05) is 13.0 Å². The fraction of sp³-hybridized carbons (Fsp3) is 0.368. The number of amides is 1. The predicted octanol–water partition coefficient (Wildman–Crippen LogP) is 3.21. The summed E-state index contributed by atoms with van der Waals surface area (Å²) in [4.78, 5) is 16.9. The molecule has 0 unspecified atom stereocenters. The summed E-state index contributed by atoms with van der Waals surface area (Å²) in [7, 11) is -3.58. The van der Waals surface area contributed by atoms with Crippen molar-refractivity contribution in [2.75, 3.05) is 18.4 Å². The zero-order chi connectivity index (χ0) is 18.6. The maximum Gasteiger partial charge on any atom is 0.256 e. The fourth-order valence-corrected chi connectivity index (χ4v) is 4.59. The second-order valence-corrected chi connectivity index (χ2v) is 8.40. The molecule has 6 nitrogen and oxygen atoms in total. The third kappa shape index (κ3) is 4.28. The van der Waals surface area contributed by atoms with Crippen LogP contribution in [-0.2, 0) is 10.0 Å². The maximum absolute atomic E-state index is 12.9. The third-order valence-corrected chi connectivity index (χ3v) is 6.32. The first-order chi connectivity index (χ1) is 12.5. The van der Waals surface area contributed by atoms with Gasteiger partial charge in [0.25, 0.3) is 5.91 Å². The molecule has 1 fully saturated rings. The van der Waals surface area contributed by atoms with Gasteiger partial charge >= 0.3 is 0 Å². The van der Waals surface area contributed by atoms with E-state index in [9.17, 15) is 13.2 Å². The zero-order valence-electron chi connectivity index (χ0n) is 14.8. The summed E-state index contributed by atoms with van der Waals surface area (Å²) in [6.45, 7) is 2.90. The molecule has 0 bridgehead atoms. The molecule has 1 saturated heterocycles. The molecule has 0 radical (unpaired) electrons. The number of nitrogens with zero attached hydrogens (tertiary/aromatic N) is 2. The third-order valence-electron chi connectivity index (χ3n) is 4.43. The first kappa shape index (κ1) is 18.5. The number of aromatic nitrogens is 1. The molecule has 1 aliphatic heterocycles. The normalized spacial score (nSPS) is 16.0. The van der Waals surface area contributed by atoms with E-state index in [2.05, 4.69) is 10.3 Å². The Hall–Kier alpha value is -2.25. The smallest absolute Gasteiger partial charge is 0.256 e. The molecule has 0 saturated carbocycles. The Morgan fingerprint density at radius 1 is 1.04 bits per heavy atom.